The second-order valence-corrected chi connectivity index (χ2v) is 7.16. The molecule has 0 amide bonds. The number of para-hydroxylation sites is 1. The highest BCUT2D eigenvalue weighted by Crippen LogP contribution is 2.34. The Labute approximate surface area is 175 Å². The zero-order valence-electron chi connectivity index (χ0n) is 16.0. The maximum Gasteiger partial charge on any atom is 0.191 e. The van der Waals surface area contributed by atoms with E-state index in [2.05, 4.69) is 32.7 Å². The van der Waals surface area contributed by atoms with Gasteiger partial charge in [0.15, 0.2) is 5.96 Å². The first-order valence-electron chi connectivity index (χ1n) is 9.60. The molecule has 1 aromatic carbocycles. The molecule has 5 nitrogen and oxygen atoms in total. The fourth-order valence-electron chi connectivity index (χ4n) is 3.26. The van der Waals surface area contributed by atoms with Gasteiger partial charge in [0.25, 0.3) is 0 Å². The smallest absolute Gasteiger partial charge is 0.191 e. The number of nitrogens with one attached hydrogen (secondary N) is 2. The van der Waals surface area contributed by atoms with Crippen LogP contribution >= 0.6 is 24.0 Å². The van der Waals surface area contributed by atoms with Crippen molar-refractivity contribution < 1.29 is 4.74 Å². The number of hydrogen-bond acceptors (Lipinski definition) is 3. The molecule has 26 heavy (non-hydrogen) atoms. The van der Waals surface area contributed by atoms with E-state index in [4.69, 9.17) is 4.74 Å². The molecule has 0 heterocycles. The summed E-state index contributed by atoms with van der Waals surface area (Å²) >= 11 is 0. The molecule has 2 aliphatic carbocycles. The lowest BCUT2D eigenvalue weighted by molar-refractivity contribution is 0.256. The van der Waals surface area contributed by atoms with Gasteiger partial charge >= 0.3 is 0 Å². The molecule has 0 radical (unpaired) electrons. The first kappa shape index (κ1) is 21.3. The third-order valence-electron chi connectivity index (χ3n) is 5.05. The van der Waals surface area contributed by atoms with E-state index in [0.717, 1.165) is 49.7 Å². The predicted octanol–water partition coefficient (Wildman–Crippen LogP) is 2.90. The van der Waals surface area contributed by atoms with Gasteiger partial charge in [0, 0.05) is 39.3 Å². The zero-order valence-corrected chi connectivity index (χ0v) is 18.4. The summed E-state index contributed by atoms with van der Waals surface area (Å²) in [5, 5.41) is 6.86. The van der Waals surface area contributed by atoms with E-state index < -0.39 is 0 Å². The Morgan fingerprint density at radius 1 is 1.15 bits per heavy atom. The number of rotatable bonds is 10. The summed E-state index contributed by atoms with van der Waals surface area (Å²) in [4.78, 5) is 7.01. The van der Waals surface area contributed by atoms with E-state index in [9.17, 15) is 0 Å². The number of benzene rings is 1. The van der Waals surface area contributed by atoms with Gasteiger partial charge in [-0.05, 0) is 49.7 Å². The number of ether oxygens (including phenoxy) is 1. The van der Waals surface area contributed by atoms with Crippen LogP contribution in [0.3, 0.4) is 0 Å². The molecule has 0 spiro atoms. The van der Waals surface area contributed by atoms with Crippen molar-refractivity contribution in [1.82, 2.24) is 15.5 Å². The number of halogens is 1. The van der Waals surface area contributed by atoms with Crippen LogP contribution in [0.4, 0.5) is 0 Å². The molecule has 0 bridgehead atoms. The fourth-order valence-corrected chi connectivity index (χ4v) is 3.26. The van der Waals surface area contributed by atoms with Crippen molar-refractivity contribution in [2.24, 2.45) is 10.9 Å². The maximum absolute atomic E-state index is 5.41. The number of guanidine groups is 1. The number of nitrogens with zero attached hydrogens (tertiary/aromatic N) is 2. The first-order valence-corrected chi connectivity index (χ1v) is 9.60. The highest BCUT2D eigenvalue weighted by molar-refractivity contribution is 14.0. The van der Waals surface area contributed by atoms with Crippen LogP contribution in [0, 0.1) is 5.92 Å². The summed E-state index contributed by atoms with van der Waals surface area (Å²) in [6.45, 7) is 4.21. The van der Waals surface area contributed by atoms with Gasteiger partial charge in [0.1, 0.15) is 5.75 Å². The Morgan fingerprint density at radius 3 is 2.54 bits per heavy atom. The first-order chi connectivity index (χ1) is 12.3. The van der Waals surface area contributed by atoms with E-state index in [0.29, 0.717) is 0 Å². The summed E-state index contributed by atoms with van der Waals surface area (Å²) in [7, 11) is 3.56. The Kier molecular flexibility index (Phi) is 8.98. The lowest BCUT2D eigenvalue weighted by atomic mass is 10.1. The molecule has 1 aromatic rings. The van der Waals surface area contributed by atoms with Crippen LogP contribution in [-0.4, -0.2) is 57.2 Å². The molecule has 146 valence electrons. The topological polar surface area (TPSA) is 48.9 Å². The van der Waals surface area contributed by atoms with Crippen LogP contribution in [0.25, 0.3) is 0 Å². The minimum absolute atomic E-state index is 0. The molecule has 2 N–H and O–H groups in total. The average Bonchev–Trinajstić information content (AvgIpc) is 3.53. The summed E-state index contributed by atoms with van der Waals surface area (Å²) in [6, 6.07) is 9.03. The van der Waals surface area contributed by atoms with Crippen LogP contribution < -0.4 is 15.4 Å². The van der Waals surface area contributed by atoms with E-state index in [-0.39, 0.29) is 24.0 Å². The van der Waals surface area contributed by atoms with Crippen molar-refractivity contribution in [3.8, 4) is 5.75 Å². The Morgan fingerprint density at radius 2 is 1.88 bits per heavy atom. The van der Waals surface area contributed by atoms with Crippen LogP contribution in [0.5, 0.6) is 5.75 Å². The Bertz CT molecular complexity index is 573. The summed E-state index contributed by atoms with van der Waals surface area (Å²) in [6.07, 6.45) is 6.56. The molecule has 2 fully saturated rings. The largest absolute Gasteiger partial charge is 0.496 e. The third kappa shape index (κ3) is 6.95. The summed E-state index contributed by atoms with van der Waals surface area (Å²) < 4.78 is 5.41. The van der Waals surface area contributed by atoms with Gasteiger partial charge < -0.3 is 15.4 Å². The number of aliphatic imine (C=N–C) groups is 1. The number of hydrogen-bond donors (Lipinski definition) is 2. The van der Waals surface area contributed by atoms with E-state index >= 15 is 0 Å². The molecule has 2 aliphatic rings. The molecule has 2 saturated carbocycles. The molecule has 6 heteroatoms. The second kappa shape index (κ2) is 11.0. The second-order valence-electron chi connectivity index (χ2n) is 7.16. The van der Waals surface area contributed by atoms with Gasteiger partial charge in [-0.1, -0.05) is 18.2 Å². The molecule has 0 aromatic heterocycles. The van der Waals surface area contributed by atoms with E-state index in [1.165, 1.54) is 37.8 Å². The molecule has 3 rings (SSSR count). The molecule has 0 unspecified atom stereocenters. The zero-order chi connectivity index (χ0) is 17.5. The minimum atomic E-state index is 0. The quantitative estimate of drug-likeness (QED) is 0.313. The number of methoxy groups -OCH3 is 1. The van der Waals surface area contributed by atoms with Gasteiger partial charge in [-0.2, -0.15) is 0 Å². The molecule has 0 saturated heterocycles. The van der Waals surface area contributed by atoms with Gasteiger partial charge in [-0.25, -0.2) is 0 Å². The van der Waals surface area contributed by atoms with E-state index in [1.807, 2.05) is 19.2 Å². The lowest BCUT2D eigenvalue weighted by Gasteiger charge is -2.22. The van der Waals surface area contributed by atoms with Crippen molar-refractivity contribution in [2.45, 2.75) is 38.1 Å². The van der Waals surface area contributed by atoms with Crippen molar-refractivity contribution >= 4 is 29.9 Å². The highest BCUT2D eigenvalue weighted by Gasteiger charge is 2.33. The molecular weight excluding hydrogens is 439 g/mol. The van der Waals surface area contributed by atoms with Crippen molar-refractivity contribution in [3.05, 3.63) is 29.8 Å². The van der Waals surface area contributed by atoms with Crippen LogP contribution in [-0.2, 0) is 6.42 Å². The SMILES string of the molecule is CN=C(NCCc1ccccc1OC)NCCN(CC1CC1)C1CC1.I. The normalized spacial score (nSPS) is 17.0. The molecular formula is C20H33IN4O. The highest BCUT2D eigenvalue weighted by atomic mass is 127. The Hall–Kier alpha value is -1.02. The summed E-state index contributed by atoms with van der Waals surface area (Å²) in [5.41, 5.74) is 1.22. The Balaban J connectivity index is 0.00000243. The monoisotopic (exact) mass is 472 g/mol. The van der Waals surface area contributed by atoms with Gasteiger partial charge in [-0.15, -0.1) is 24.0 Å². The standard InChI is InChI=1S/C20H32N4O.HI/c1-21-20(22-12-11-17-5-3-4-6-19(17)25-2)23-13-14-24(18-9-10-18)15-16-7-8-16;/h3-6,16,18H,7-15H2,1-2H3,(H2,21,22,23);1H. The van der Waals surface area contributed by atoms with Gasteiger partial charge in [0.2, 0.25) is 0 Å². The molecule has 0 aliphatic heterocycles. The van der Waals surface area contributed by atoms with Crippen molar-refractivity contribution in [3.63, 3.8) is 0 Å². The third-order valence-corrected chi connectivity index (χ3v) is 5.05. The van der Waals surface area contributed by atoms with Crippen LogP contribution in [0.1, 0.15) is 31.2 Å². The van der Waals surface area contributed by atoms with Crippen LogP contribution in [0.15, 0.2) is 29.3 Å². The fraction of sp³-hybridized carbons (Fsp3) is 0.650. The van der Waals surface area contributed by atoms with Crippen molar-refractivity contribution in [1.29, 1.82) is 0 Å². The minimum Gasteiger partial charge on any atom is -0.496 e. The van der Waals surface area contributed by atoms with Crippen LogP contribution in [0.2, 0.25) is 0 Å². The molecule has 0 atom stereocenters. The summed E-state index contributed by atoms with van der Waals surface area (Å²) in [5.74, 6) is 2.81. The maximum atomic E-state index is 5.41. The van der Waals surface area contributed by atoms with Gasteiger partial charge in [0.05, 0.1) is 7.11 Å². The predicted molar refractivity (Wildman–Crippen MR) is 119 cm³/mol. The average molecular weight is 472 g/mol. The van der Waals surface area contributed by atoms with Gasteiger partial charge in [-0.3, -0.25) is 9.89 Å². The van der Waals surface area contributed by atoms with E-state index in [1.54, 1.807) is 7.11 Å². The van der Waals surface area contributed by atoms with Crippen molar-refractivity contribution in [2.75, 3.05) is 40.3 Å². The lowest BCUT2D eigenvalue weighted by Crippen LogP contribution is -2.43.